The first-order valence-corrected chi connectivity index (χ1v) is 5.70. The number of benzene rings is 1. The van der Waals surface area contributed by atoms with Gasteiger partial charge in [-0.15, -0.1) is 0 Å². The lowest BCUT2D eigenvalue weighted by atomic mass is 9.95. The van der Waals surface area contributed by atoms with Crippen molar-refractivity contribution in [1.82, 2.24) is 0 Å². The molecule has 86 valence electrons. The first kappa shape index (κ1) is 11.0. The molecule has 1 saturated carbocycles. The highest BCUT2D eigenvalue weighted by Crippen LogP contribution is 2.32. The van der Waals surface area contributed by atoms with Crippen LogP contribution in [-0.2, 0) is 0 Å². The fourth-order valence-electron chi connectivity index (χ4n) is 2.34. The van der Waals surface area contributed by atoms with Crippen molar-refractivity contribution in [3.05, 3.63) is 23.8 Å². The maximum atomic E-state index is 12.2. The standard InChI is InChI=1S/C13H17NO2/c1-16-11-8-4-7-10(12(11)14)13(15)9-5-2-3-6-9/h4,7-9H,2-3,5-6,14H2,1H3. The molecule has 0 aliphatic heterocycles. The highest BCUT2D eigenvalue weighted by Gasteiger charge is 2.25. The summed E-state index contributed by atoms with van der Waals surface area (Å²) in [6.07, 6.45) is 4.30. The van der Waals surface area contributed by atoms with Crippen LogP contribution < -0.4 is 10.5 Å². The number of methoxy groups -OCH3 is 1. The van der Waals surface area contributed by atoms with E-state index in [-0.39, 0.29) is 11.7 Å². The number of carbonyl (C=O) groups is 1. The van der Waals surface area contributed by atoms with Crippen molar-refractivity contribution in [1.29, 1.82) is 0 Å². The average Bonchev–Trinajstić information content (AvgIpc) is 2.82. The minimum Gasteiger partial charge on any atom is -0.495 e. The number of rotatable bonds is 3. The van der Waals surface area contributed by atoms with E-state index in [2.05, 4.69) is 0 Å². The lowest BCUT2D eigenvalue weighted by Gasteiger charge is -2.12. The van der Waals surface area contributed by atoms with Crippen LogP contribution in [0.2, 0.25) is 0 Å². The number of ether oxygens (including phenoxy) is 1. The average molecular weight is 219 g/mol. The van der Waals surface area contributed by atoms with E-state index in [4.69, 9.17) is 10.5 Å². The molecule has 2 rings (SSSR count). The van der Waals surface area contributed by atoms with Gasteiger partial charge in [-0.05, 0) is 25.0 Å². The number of anilines is 1. The molecular weight excluding hydrogens is 202 g/mol. The number of Topliss-reactive ketones (excluding diaryl/α,β-unsaturated/α-hetero) is 1. The van der Waals surface area contributed by atoms with E-state index in [1.165, 1.54) is 0 Å². The van der Waals surface area contributed by atoms with E-state index in [0.29, 0.717) is 17.0 Å². The summed E-state index contributed by atoms with van der Waals surface area (Å²) in [6.45, 7) is 0. The summed E-state index contributed by atoms with van der Waals surface area (Å²) in [5.41, 5.74) is 7.01. The Morgan fingerprint density at radius 1 is 1.38 bits per heavy atom. The molecular formula is C13H17NO2. The van der Waals surface area contributed by atoms with Crippen molar-refractivity contribution in [2.24, 2.45) is 5.92 Å². The van der Waals surface area contributed by atoms with Gasteiger partial charge in [-0.1, -0.05) is 18.9 Å². The SMILES string of the molecule is COc1cccc(C(=O)C2CCCC2)c1N. The first-order valence-electron chi connectivity index (χ1n) is 5.70. The lowest BCUT2D eigenvalue weighted by molar-refractivity contribution is 0.0923. The number of nitrogens with two attached hydrogens (primary N) is 1. The van der Waals surface area contributed by atoms with Crippen LogP contribution in [0.25, 0.3) is 0 Å². The van der Waals surface area contributed by atoms with Gasteiger partial charge in [0.15, 0.2) is 5.78 Å². The van der Waals surface area contributed by atoms with Crippen LogP contribution in [0.4, 0.5) is 5.69 Å². The summed E-state index contributed by atoms with van der Waals surface area (Å²) in [6, 6.07) is 5.39. The third-order valence-electron chi connectivity index (χ3n) is 3.28. The third-order valence-corrected chi connectivity index (χ3v) is 3.28. The van der Waals surface area contributed by atoms with Crippen molar-refractivity contribution in [2.45, 2.75) is 25.7 Å². The second-order valence-electron chi connectivity index (χ2n) is 4.27. The molecule has 1 aliphatic rings. The summed E-state index contributed by atoms with van der Waals surface area (Å²) >= 11 is 0. The molecule has 1 aromatic carbocycles. The van der Waals surface area contributed by atoms with Gasteiger partial charge in [-0.2, -0.15) is 0 Å². The van der Waals surface area contributed by atoms with Crippen LogP contribution in [0.15, 0.2) is 18.2 Å². The number of hydrogen-bond acceptors (Lipinski definition) is 3. The first-order chi connectivity index (χ1) is 7.74. The molecule has 0 heterocycles. The maximum Gasteiger partial charge on any atom is 0.168 e. The van der Waals surface area contributed by atoms with Crippen molar-refractivity contribution in [3.8, 4) is 5.75 Å². The van der Waals surface area contributed by atoms with Crippen molar-refractivity contribution < 1.29 is 9.53 Å². The van der Waals surface area contributed by atoms with Crippen LogP contribution in [0, 0.1) is 5.92 Å². The third kappa shape index (κ3) is 1.90. The van der Waals surface area contributed by atoms with Gasteiger partial charge in [0.05, 0.1) is 12.8 Å². The van der Waals surface area contributed by atoms with Gasteiger partial charge in [0, 0.05) is 11.5 Å². The predicted octanol–water partition coefficient (Wildman–Crippen LogP) is 2.65. The minimum absolute atomic E-state index is 0.161. The molecule has 0 aromatic heterocycles. The molecule has 16 heavy (non-hydrogen) atoms. The molecule has 0 bridgehead atoms. The molecule has 0 spiro atoms. The van der Waals surface area contributed by atoms with Gasteiger partial charge < -0.3 is 10.5 Å². The summed E-state index contributed by atoms with van der Waals surface area (Å²) in [7, 11) is 1.56. The van der Waals surface area contributed by atoms with Crippen molar-refractivity contribution in [3.63, 3.8) is 0 Å². The maximum absolute atomic E-state index is 12.2. The van der Waals surface area contributed by atoms with Gasteiger partial charge >= 0.3 is 0 Å². The molecule has 2 N–H and O–H groups in total. The second kappa shape index (κ2) is 4.56. The smallest absolute Gasteiger partial charge is 0.168 e. The van der Waals surface area contributed by atoms with Crippen LogP contribution in [-0.4, -0.2) is 12.9 Å². The van der Waals surface area contributed by atoms with Gasteiger partial charge in [0.25, 0.3) is 0 Å². The number of para-hydroxylation sites is 1. The van der Waals surface area contributed by atoms with E-state index in [9.17, 15) is 4.79 Å². The molecule has 1 aliphatic carbocycles. The van der Waals surface area contributed by atoms with Crippen LogP contribution >= 0.6 is 0 Å². The number of nitrogen functional groups attached to an aromatic ring is 1. The van der Waals surface area contributed by atoms with E-state index in [0.717, 1.165) is 25.7 Å². The Morgan fingerprint density at radius 3 is 2.69 bits per heavy atom. The highest BCUT2D eigenvalue weighted by atomic mass is 16.5. The number of ketones is 1. The second-order valence-corrected chi connectivity index (χ2v) is 4.27. The van der Waals surface area contributed by atoms with E-state index in [1.807, 2.05) is 6.07 Å². The van der Waals surface area contributed by atoms with Crippen LogP contribution in [0.1, 0.15) is 36.0 Å². The van der Waals surface area contributed by atoms with E-state index >= 15 is 0 Å². The van der Waals surface area contributed by atoms with Crippen LogP contribution in [0.3, 0.4) is 0 Å². The Kier molecular flexibility index (Phi) is 3.13. The summed E-state index contributed by atoms with van der Waals surface area (Å²) in [4.78, 5) is 12.2. The zero-order chi connectivity index (χ0) is 11.5. The molecule has 0 atom stereocenters. The number of carbonyl (C=O) groups excluding carboxylic acids is 1. The fraction of sp³-hybridized carbons (Fsp3) is 0.462. The van der Waals surface area contributed by atoms with Gasteiger partial charge in [-0.3, -0.25) is 4.79 Å². The predicted molar refractivity (Wildman–Crippen MR) is 63.7 cm³/mol. The minimum atomic E-state index is 0.161. The molecule has 0 amide bonds. The molecule has 1 aromatic rings. The Hall–Kier alpha value is -1.51. The van der Waals surface area contributed by atoms with E-state index in [1.54, 1.807) is 19.2 Å². The van der Waals surface area contributed by atoms with Crippen molar-refractivity contribution >= 4 is 11.5 Å². The molecule has 3 heteroatoms. The van der Waals surface area contributed by atoms with Gasteiger partial charge in [-0.25, -0.2) is 0 Å². The number of hydrogen-bond donors (Lipinski definition) is 1. The Bertz CT molecular complexity index is 395. The molecule has 3 nitrogen and oxygen atoms in total. The highest BCUT2D eigenvalue weighted by molar-refractivity contribution is 6.03. The topological polar surface area (TPSA) is 52.3 Å². The molecule has 1 fully saturated rings. The molecule has 0 radical (unpaired) electrons. The Labute approximate surface area is 95.6 Å². The van der Waals surface area contributed by atoms with Gasteiger partial charge in [0.2, 0.25) is 0 Å². The van der Waals surface area contributed by atoms with Gasteiger partial charge in [0.1, 0.15) is 5.75 Å². The van der Waals surface area contributed by atoms with Crippen molar-refractivity contribution in [2.75, 3.05) is 12.8 Å². The molecule has 0 saturated heterocycles. The Balaban J connectivity index is 2.29. The summed E-state index contributed by atoms with van der Waals surface area (Å²) in [5, 5.41) is 0. The summed E-state index contributed by atoms with van der Waals surface area (Å²) < 4.78 is 5.12. The largest absolute Gasteiger partial charge is 0.495 e. The zero-order valence-corrected chi connectivity index (χ0v) is 9.53. The zero-order valence-electron chi connectivity index (χ0n) is 9.53. The monoisotopic (exact) mass is 219 g/mol. The lowest BCUT2D eigenvalue weighted by Crippen LogP contribution is -2.13. The van der Waals surface area contributed by atoms with E-state index < -0.39 is 0 Å². The fourth-order valence-corrected chi connectivity index (χ4v) is 2.34. The summed E-state index contributed by atoms with van der Waals surface area (Å²) in [5.74, 6) is 0.923. The Morgan fingerprint density at radius 2 is 2.06 bits per heavy atom. The quantitative estimate of drug-likeness (QED) is 0.628. The normalized spacial score (nSPS) is 16.3. The van der Waals surface area contributed by atoms with Crippen LogP contribution in [0.5, 0.6) is 5.75 Å². The molecule has 0 unspecified atom stereocenters.